The number of aliphatic hydroxyl groups is 2. The number of hydrogen-bond donors (Lipinski definition) is 2. The van der Waals surface area contributed by atoms with E-state index < -0.39 is 0 Å². The molecule has 0 spiro atoms. The van der Waals surface area contributed by atoms with E-state index in [0.29, 0.717) is 13.1 Å². The van der Waals surface area contributed by atoms with Crippen LogP contribution in [0.1, 0.15) is 0 Å². The first-order valence-corrected chi connectivity index (χ1v) is 5.25. The summed E-state index contributed by atoms with van der Waals surface area (Å²) >= 11 is 0. The first-order chi connectivity index (χ1) is 7.86. The van der Waals surface area contributed by atoms with Crippen molar-refractivity contribution in [1.29, 1.82) is 0 Å². The van der Waals surface area contributed by atoms with E-state index in [4.69, 9.17) is 10.2 Å². The summed E-state index contributed by atoms with van der Waals surface area (Å²) in [7, 11) is 0. The van der Waals surface area contributed by atoms with E-state index in [1.165, 1.54) is 0 Å². The smallest absolute Gasteiger partial charge is 0.138 e. The molecule has 0 aliphatic heterocycles. The van der Waals surface area contributed by atoms with Gasteiger partial charge < -0.3 is 15.1 Å². The van der Waals surface area contributed by atoms with Crippen LogP contribution in [0.2, 0.25) is 0 Å². The number of anilines is 1. The lowest BCUT2D eigenvalue weighted by Crippen LogP contribution is -2.31. The molecule has 0 bridgehead atoms. The molecule has 0 amide bonds. The molecule has 0 atom stereocenters. The summed E-state index contributed by atoms with van der Waals surface area (Å²) in [5.74, 6) is 0.929. The lowest BCUT2D eigenvalue weighted by Gasteiger charge is -2.23. The van der Waals surface area contributed by atoms with Crippen LogP contribution in [-0.4, -0.2) is 45.9 Å². The van der Waals surface area contributed by atoms with Crippen molar-refractivity contribution in [2.45, 2.75) is 0 Å². The summed E-state index contributed by atoms with van der Waals surface area (Å²) < 4.78 is 1.94. The molecule has 86 valence electrons. The van der Waals surface area contributed by atoms with Crippen LogP contribution in [0.15, 0.2) is 30.6 Å². The highest BCUT2D eigenvalue weighted by Gasteiger charge is 2.08. The molecule has 0 saturated carbocycles. The SMILES string of the molecule is OCCN(CCO)c1cccc2nccn12. The van der Waals surface area contributed by atoms with Gasteiger partial charge in [0, 0.05) is 25.5 Å². The topological polar surface area (TPSA) is 61.0 Å². The number of aliphatic hydroxyl groups excluding tert-OH is 2. The molecule has 0 saturated heterocycles. The maximum Gasteiger partial charge on any atom is 0.138 e. The van der Waals surface area contributed by atoms with Crippen molar-refractivity contribution in [3.05, 3.63) is 30.6 Å². The van der Waals surface area contributed by atoms with Gasteiger partial charge in [-0.05, 0) is 12.1 Å². The van der Waals surface area contributed by atoms with Gasteiger partial charge in [-0.15, -0.1) is 0 Å². The Morgan fingerprint density at radius 2 is 1.94 bits per heavy atom. The Morgan fingerprint density at radius 1 is 1.19 bits per heavy atom. The van der Waals surface area contributed by atoms with Crippen LogP contribution in [-0.2, 0) is 0 Å². The third-order valence-corrected chi connectivity index (χ3v) is 2.47. The van der Waals surface area contributed by atoms with Gasteiger partial charge >= 0.3 is 0 Å². The fraction of sp³-hybridized carbons (Fsp3) is 0.364. The standard InChI is InChI=1S/C11H15N3O2/c15-8-6-13(7-9-16)11-3-1-2-10-12-4-5-14(10)11/h1-5,15-16H,6-9H2. The monoisotopic (exact) mass is 221 g/mol. The largest absolute Gasteiger partial charge is 0.395 e. The number of imidazole rings is 1. The molecule has 0 aliphatic rings. The van der Waals surface area contributed by atoms with Crippen LogP contribution in [0, 0.1) is 0 Å². The number of rotatable bonds is 5. The molecule has 0 fully saturated rings. The summed E-state index contributed by atoms with van der Waals surface area (Å²) in [6.45, 7) is 1.12. The Labute approximate surface area is 93.6 Å². The first-order valence-electron chi connectivity index (χ1n) is 5.25. The first kappa shape index (κ1) is 10.9. The van der Waals surface area contributed by atoms with Crippen molar-refractivity contribution in [3.63, 3.8) is 0 Å². The molecular weight excluding hydrogens is 206 g/mol. The van der Waals surface area contributed by atoms with Crippen LogP contribution in [0.3, 0.4) is 0 Å². The van der Waals surface area contributed by atoms with Crippen molar-refractivity contribution in [3.8, 4) is 0 Å². The summed E-state index contributed by atoms with van der Waals surface area (Å²) in [5.41, 5.74) is 0.860. The molecule has 16 heavy (non-hydrogen) atoms. The highest BCUT2D eigenvalue weighted by atomic mass is 16.3. The van der Waals surface area contributed by atoms with Gasteiger partial charge in [0.25, 0.3) is 0 Å². The summed E-state index contributed by atoms with van der Waals surface area (Å²) in [6.07, 6.45) is 3.60. The van der Waals surface area contributed by atoms with Crippen molar-refractivity contribution in [1.82, 2.24) is 9.38 Å². The summed E-state index contributed by atoms with van der Waals surface area (Å²) in [4.78, 5) is 6.12. The molecule has 0 aliphatic carbocycles. The third-order valence-electron chi connectivity index (χ3n) is 2.47. The number of nitrogens with zero attached hydrogens (tertiary/aromatic N) is 3. The van der Waals surface area contributed by atoms with Crippen molar-refractivity contribution < 1.29 is 10.2 Å². The van der Waals surface area contributed by atoms with E-state index in [-0.39, 0.29) is 13.2 Å². The van der Waals surface area contributed by atoms with E-state index in [2.05, 4.69) is 4.98 Å². The molecule has 2 aromatic heterocycles. The average molecular weight is 221 g/mol. The van der Waals surface area contributed by atoms with E-state index >= 15 is 0 Å². The van der Waals surface area contributed by atoms with Crippen molar-refractivity contribution in [2.75, 3.05) is 31.2 Å². The quantitative estimate of drug-likeness (QED) is 0.753. The lowest BCUT2D eigenvalue weighted by molar-refractivity contribution is 0.280. The van der Waals surface area contributed by atoms with Crippen LogP contribution in [0.5, 0.6) is 0 Å². The maximum absolute atomic E-state index is 9.00. The molecule has 5 nitrogen and oxygen atoms in total. The Balaban J connectivity index is 2.38. The van der Waals surface area contributed by atoms with Gasteiger partial charge in [-0.1, -0.05) is 6.07 Å². The van der Waals surface area contributed by atoms with Crippen LogP contribution in [0.25, 0.3) is 5.65 Å². The molecule has 2 N–H and O–H groups in total. The zero-order valence-corrected chi connectivity index (χ0v) is 8.95. The van der Waals surface area contributed by atoms with Gasteiger partial charge in [0.1, 0.15) is 11.5 Å². The number of hydrogen-bond acceptors (Lipinski definition) is 4. The number of pyridine rings is 1. The average Bonchev–Trinajstić information content (AvgIpc) is 2.76. The Hall–Kier alpha value is -1.59. The zero-order valence-electron chi connectivity index (χ0n) is 8.95. The summed E-state index contributed by atoms with van der Waals surface area (Å²) in [6, 6.07) is 5.78. The van der Waals surface area contributed by atoms with Crippen molar-refractivity contribution >= 4 is 11.5 Å². The fourth-order valence-electron chi connectivity index (χ4n) is 1.77. The number of fused-ring (bicyclic) bond motifs is 1. The molecule has 5 heteroatoms. The Kier molecular flexibility index (Phi) is 3.38. The predicted molar refractivity (Wildman–Crippen MR) is 61.6 cm³/mol. The fourth-order valence-corrected chi connectivity index (χ4v) is 1.77. The molecule has 0 radical (unpaired) electrons. The second-order valence-electron chi connectivity index (χ2n) is 3.47. The Bertz CT molecular complexity index is 449. The number of aromatic nitrogens is 2. The minimum Gasteiger partial charge on any atom is -0.395 e. The molecule has 2 heterocycles. The third kappa shape index (κ3) is 2.00. The van der Waals surface area contributed by atoms with E-state index in [9.17, 15) is 0 Å². The minimum atomic E-state index is 0.0606. The molecule has 0 unspecified atom stereocenters. The Morgan fingerprint density at radius 3 is 2.62 bits per heavy atom. The van der Waals surface area contributed by atoms with Gasteiger partial charge in [0.05, 0.1) is 13.2 Å². The second-order valence-corrected chi connectivity index (χ2v) is 3.47. The lowest BCUT2D eigenvalue weighted by atomic mass is 10.4. The maximum atomic E-state index is 9.00. The van der Waals surface area contributed by atoms with Gasteiger partial charge in [0.2, 0.25) is 0 Å². The van der Waals surface area contributed by atoms with E-state index in [1.807, 2.05) is 33.7 Å². The van der Waals surface area contributed by atoms with Gasteiger partial charge in [0.15, 0.2) is 0 Å². The molecule has 0 aromatic carbocycles. The highest BCUT2D eigenvalue weighted by molar-refractivity contribution is 5.51. The molecule has 2 aromatic rings. The minimum absolute atomic E-state index is 0.0606. The van der Waals surface area contributed by atoms with Gasteiger partial charge in [-0.2, -0.15) is 0 Å². The van der Waals surface area contributed by atoms with Crippen LogP contribution >= 0.6 is 0 Å². The molecule has 2 rings (SSSR count). The normalized spacial score (nSPS) is 10.9. The van der Waals surface area contributed by atoms with Crippen molar-refractivity contribution in [2.24, 2.45) is 0 Å². The van der Waals surface area contributed by atoms with Crippen LogP contribution < -0.4 is 4.90 Å². The predicted octanol–water partition coefficient (Wildman–Crippen LogP) is 0.125. The van der Waals surface area contributed by atoms with E-state index in [1.54, 1.807) is 6.20 Å². The highest BCUT2D eigenvalue weighted by Crippen LogP contribution is 2.15. The second kappa shape index (κ2) is 4.96. The molecular formula is C11H15N3O2. The summed E-state index contributed by atoms with van der Waals surface area (Å²) in [5, 5.41) is 18.0. The van der Waals surface area contributed by atoms with Gasteiger partial charge in [-0.3, -0.25) is 4.40 Å². The van der Waals surface area contributed by atoms with Crippen LogP contribution in [0.4, 0.5) is 5.82 Å². The zero-order chi connectivity index (χ0) is 11.4. The van der Waals surface area contributed by atoms with Gasteiger partial charge in [-0.25, -0.2) is 4.98 Å². The van der Waals surface area contributed by atoms with E-state index in [0.717, 1.165) is 11.5 Å².